The van der Waals surface area contributed by atoms with E-state index < -0.39 is 15.9 Å². The first-order chi connectivity index (χ1) is 13.3. The zero-order valence-electron chi connectivity index (χ0n) is 15.5. The summed E-state index contributed by atoms with van der Waals surface area (Å²) in [7, 11) is -2.07. The molecule has 1 saturated heterocycles. The average Bonchev–Trinajstić information content (AvgIpc) is 3.07. The largest absolute Gasteiger partial charge is 0.491 e. The van der Waals surface area contributed by atoms with Crippen molar-refractivity contribution in [3.05, 3.63) is 47.2 Å². The number of amides is 1. The molecule has 2 N–H and O–H groups in total. The highest BCUT2D eigenvalue weighted by molar-refractivity contribution is 7.89. The van der Waals surface area contributed by atoms with Crippen LogP contribution in [-0.4, -0.2) is 67.4 Å². The minimum Gasteiger partial charge on any atom is -0.491 e. The Labute approximate surface area is 169 Å². The molecule has 1 amide bonds. The molecule has 152 valence electrons. The first-order valence-electron chi connectivity index (χ1n) is 8.85. The smallest absolute Gasteiger partial charge is 0.265 e. The van der Waals surface area contributed by atoms with Crippen LogP contribution in [0.3, 0.4) is 0 Å². The van der Waals surface area contributed by atoms with Crippen LogP contribution in [0.25, 0.3) is 0 Å². The molecule has 0 radical (unpaired) electrons. The van der Waals surface area contributed by atoms with E-state index in [2.05, 4.69) is 4.90 Å². The molecule has 1 aliphatic rings. The van der Waals surface area contributed by atoms with E-state index >= 15 is 0 Å². The quantitative estimate of drug-likeness (QED) is 0.716. The SMILES string of the molecule is Cn1cc(S(=O)(=O)N2CCN(CCOc3ccccc3Cl)CC2)cc1C(N)=O. The summed E-state index contributed by atoms with van der Waals surface area (Å²) in [5.74, 6) is -0.0213. The lowest BCUT2D eigenvalue weighted by molar-refractivity contribution is 0.0992. The van der Waals surface area contributed by atoms with Gasteiger partial charge in [0, 0.05) is 46.0 Å². The van der Waals surface area contributed by atoms with E-state index in [0.717, 1.165) is 0 Å². The summed E-state index contributed by atoms with van der Waals surface area (Å²) in [5.41, 5.74) is 5.43. The third kappa shape index (κ3) is 4.49. The molecule has 1 fully saturated rings. The highest BCUT2D eigenvalue weighted by Crippen LogP contribution is 2.23. The van der Waals surface area contributed by atoms with Crippen LogP contribution in [0.5, 0.6) is 5.75 Å². The molecule has 0 spiro atoms. The number of carbonyl (C=O) groups is 1. The van der Waals surface area contributed by atoms with Gasteiger partial charge in [0.1, 0.15) is 22.9 Å². The van der Waals surface area contributed by atoms with E-state index in [-0.39, 0.29) is 10.6 Å². The van der Waals surface area contributed by atoms with Crippen molar-refractivity contribution in [1.82, 2.24) is 13.8 Å². The van der Waals surface area contributed by atoms with Crippen LogP contribution >= 0.6 is 11.6 Å². The van der Waals surface area contributed by atoms with Crippen LogP contribution in [0.4, 0.5) is 0 Å². The van der Waals surface area contributed by atoms with Gasteiger partial charge in [-0.05, 0) is 18.2 Å². The van der Waals surface area contributed by atoms with E-state index in [1.54, 1.807) is 13.1 Å². The lowest BCUT2D eigenvalue weighted by atomic mass is 10.3. The molecule has 2 aromatic rings. The average molecular weight is 427 g/mol. The number of rotatable bonds is 7. The Balaban J connectivity index is 1.54. The van der Waals surface area contributed by atoms with Crippen molar-refractivity contribution >= 4 is 27.5 Å². The first kappa shape index (κ1) is 20.7. The number of carbonyl (C=O) groups excluding carboxylic acids is 1. The monoisotopic (exact) mass is 426 g/mol. The highest BCUT2D eigenvalue weighted by atomic mass is 35.5. The molecule has 0 aliphatic carbocycles. The van der Waals surface area contributed by atoms with Gasteiger partial charge in [-0.3, -0.25) is 9.69 Å². The third-order valence-electron chi connectivity index (χ3n) is 4.70. The summed E-state index contributed by atoms with van der Waals surface area (Å²) in [6, 6.07) is 8.61. The molecule has 0 saturated carbocycles. The molecule has 1 aromatic carbocycles. The number of nitrogens with zero attached hydrogens (tertiary/aromatic N) is 3. The molecule has 1 aliphatic heterocycles. The summed E-state index contributed by atoms with van der Waals surface area (Å²) < 4.78 is 34.2. The van der Waals surface area contributed by atoms with E-state index in [4.69, 9.17) is 22.1 Å². The second-order valence-electron chi connectivity index (χ2n) is 6.56. The number of nitrogens with two attached hydrogens (primary N) is 1. The van der Waals surface area contributed by atoms with Crippen LogP contribution in [-0.2, 0) is 17.1 Å². The molecule has 10 heteroatoms. The van der Waals surface area contributed by atoms with Gasteiger partial charge in [-0.15, -0.1) is 0 Å². The Bertz CT molecular complexity index is 952. The lowest BCUT2D eigenvalue weighted by Gasteiger charge is -2.33. The van der Waals surface area contributed by atoms with Gasteiger partial charge >= 0.3 is 0 Å². The van der Waals surface area contributed by atoms with Crippen molar-refractivity contribution in [3.63, 3.8) is 0 Å². The number of hydrogen-bond donors (Lipinski definition) is 1. The number of ether oxygens (including phenoxy) is 1. The Morgan fingerprint density at radius 1 is 1.21 bits per heavy atom. The zero-order chi connectivity index (χ0) is 20.3. The lowest BCUT2D eigenvalue weighted by Crippen LogP contribution is -2.49. The number of benzene rings is 1. The fraction of sp³-hybridized carbons (Fsp3) is 0.389. The predicted molar refractivity (Wildman–Crippen MR) is 106 cm³/mol. The Morgan fingerprint density at radius 2 is 1.89 bits per heavy atom. The van der Waals surface area contributed by atoms with Crippen LogP contribution in [0.1, 0.15) is 10.5 Å². The molecule has 2 heterocycles. The van der Waals surface area contributed by atoms with Crippen molar-refractivity contribution in [2.45, 2.75) is 4.90 Å². The number of primary amides is 1. The van der Waals surface area contributed by atoms with Gasteiger partial charge in [0.05, 0.1) is 5.02 Å². The summed E-state index contributed by atoms with van der Waals surface area (Å²) in [6.07, 6.45) is 1.42. The fourth-order valence-electron chi connectivity index (χ4n) is 3.11. The minimum absolute atomic E-state index is 0.0827. The molecule has 0 atom stereocenters. The van der Waals surface area contributed by atoms with Crippen LogP contribution < -0.4 is 10.5 Å². The molecule has 1 aromatic heterocycles. The van der Waals surface area contributed by atoms with E-state index in [1.807, 2.05) is 18.2 Å². The van der Waals surface area contributed by atoms with Gasteiger partial charge in [0.15, 0.2) is 0 Å². The molecule has 0 unspecified atom stereocenters. The number of halogens is 1. The molecular weight excluding hydrogens is 404 g/mol. The van der Waals surface area contributed by atoms with Crippen molar-refractivity contribution in [2.75, 3.05) is 39.3 Å². The number of piperazine rings is 1. The van der Waals surface area contributed by atoms with Gasteiger partial charge in [-0.25, -0.2) is 8.42 Å². The third-order valence-corrected chi connectivity index (χ3v) is 6.88. The maximum absolute atomic E-state index is 12.8. The van der Waals surface area contributed by atoms with Crippen LogP contribution in [0, 0.1) is 0 Å². The number of aromatic nitrogens is 1. The topological polar surface area (TPSA) is 97.9 Å². The Morgan fingerprint density at radius 3 is 2.50 bits per heavy atom. The standard InChI is InChI=1S/C18H23ClN4O4S/c1-21-13-14(12-16(21)18(20)24)28(25,26)23-8-6-22(7-9-23)10-11-27-17-5-3-2-4-15(17)19/h2-5,12-13H,6-11H2,1H3,(H2,20,24). The van der Waals surface area contributed by atoms with Gasteiger partial charge in [-0.2, -0.15) is 4.31 Å². The fourth-order valence-corrected chi connectivity index (χ4v) is 4.79. The number of sulfonamides is 1. The van der Waals surface area contributed by atoms with Crippen molar-refractivity contribution < 1.29 is 17.9 Å². The number of hydrogen-bond acceptors (Lipinski definition) is 5. The van der Waals surface area contributed by atoms with Crippen LogP contribution in [0.15, 0.2) is 41.4 Å². The van der Waals surface area contributed by atoms with Gasteiger partial charge < -0.3 is 15.0 Å². The van der Waals surface area contributed by atoms with E-state index in [9.17, 15) is 13.2 Å². The maximum atomic E-state index is 12.8. The zero-order valence-corrected chi connectivity index (χ0v) is 17.1. The Kier molecular flexibility index (Phi) is 6.29. The molecule has 0 bridgehead atoms. The maximum Gasteiger partial charge on any atom is 0.265 e. The van der Waals surface area contributed by atoms with Gasteiger partial charge in [0.25, 0.3) is 5.91 Å². The summed E-state index contributed by atoms with van der Waals surface area (Å²) >= 11 is 6.06. The second kappa shape index (κ2) is 8.52. The van der Waals surface area contributed by atoms with E-state index in [0.29, 0.717) is 50.1 Å². The summed E-state index contributed by atoms with van der Waals surface area (Å²) in [6.45, 7) is 3.08. The van der Waals surface area contributed by atoms with Gasteiger partial charge in [-0.1, -0.05) is 23.7 Å². The predicted octanol–water partition coefficient (Wildman–Crippen LogP) is 1.16. The highest BCUT2D eigenvalue weighted by Gasteiger charge is 2.30. The molecule has 28 heavy (non-hydrogen) atoms. The second-order valence-corrected chi connectivity index (χ2v) is 8.91. The van der Waals surface area contributed by atoms with Crippen molar-refractivity contribution in [1.29, 1.82) is 0 Å². The summed E-state index contributed by atoms with van der Waals surface area (Å²) in [5, 5.41) is 0.566. The van der Waals surface area contributed by atoms with Crippen molar-refractivity contribution in [3.8, 4) is 5.75 Å². The van der Waals surface area contributed by atoms with Crippen molar-refractivity contribution in [2.24, 2.45) is 12.8 Å². The minimum atomic E-state index is -3.66. The number of para-hydroxylation sites is 1. The number of aryl methyl sites for hydroxylation is 1. The molecular formula is C18H23ClN4O4S. The van der Waals surface area contributed by atoms with Gasteiger partial charge in [0.2, 0.25) is 10.0 Å². The molecule has 3 rings (SSSR count). The summed E-state index contributed by atoms with van der Waals surface area (Å²) in [4.78, 5) is 13.6. The Hall–Kier alpha value is -2.07. The molecule has 8 nitrogen and oxygen atoms in total. The van der Waals surface area contributed by atoms with E-state index in [1.165, 1.54) is 21.1 Å². The first-order valence-corrected chi connectivity index (χ1v) is 10.7. The van der Waals surface area contributed by atoms with Crippen LogP contribution in [0.2, 0.25) is 5.02 Å². The normalized spacial score (nSPS) is 16.2.